The zero-order valence-electron chi connectivity index (χ0n) is 8.72. The lowest BCUT2D eigenvalue weighted by molar-refractivity contribution is 0.0953. The summed E-state index contributed by atoms with van der Waals surface area (Å²) in [6.45, 7) is 2.22. The summed E-state index contributed by atoms with van der Waals surface area (Å²) in [4.78, 5) is 17.5. The van der Waals surface area contributed by atoms with Gasteiger partial charge in [0.05, 0.1) is 11.8 Å². The maximum absolute atomic E-state index is 11.2. The van der Waals surface area contributed by atoms with Crippen molar-refractivity contribution in [2.75, 3.05) is 13.1 Å². The number of carbonyl (C=O) groups is 1. The van der Waals surface area contributed by atoms with Gasteiger partial charge in [0.25, 0.3) is 5.91 Å². The van der Waals surface area contributed by atoms with Crippen LogP contribution in [0.1, 0.15) is 21.9 Å². The fraction of sp³-hybridized carbons (Fsp3) is 0.556. The van der Waals surface area contributed by atoms with Crippen LogP contribution in [0.3, 0.4) is 0 Å². The Balaban J connectivity index is 1.95. The number of aromatic nitrogens is 1. The van der Waals surface area contributed by atoms with Crippen molar-refractivity contribution in [1.82, 2.24) is 15.3 Å². The Morgan fingerprint density at radius 2 is 2.62 bits per heavy atom. The van der Waals surface area contributed by atoms with Crippen LogP contribution in [0.2, 0.25) is 0 Å². The van der Waals surface area contributed by atoms with E-state index in [1.165, 1.54) is 11.3 Å². The van der Waals surface area contributed by atoms with Gasteiger partial charge >= 0.3 is 0 Å². The highest BCUT2D eigenvalue weighted by Gasteiger charge is 2.21. The van der Waals surface area contributed by atoms with Crippen molar-refractivity contribution in [2.45, 2.75) is 19.1 Å². The number of nitrogens with one attached hydrogen (secondary N) is 1. The first-order valence-corrected chi connectivity index (χ1v) is 5.93. The van der Waals surface area contributed by atoms with E-state index in [-0.39, 0.29) is 12.0 Å². The lowest BCUT2D eigenvalue weighted by Crippen LogP contribution is -2.30. The van der Waals surface area contributed by atoms with Crippen LogP contribution in [0.4, 0.5) is 0 Å². The van der Waals surface area contributed by atoms with Crippen LogP contribution < -0.4 is 11.3 Å². The van der Waals surface area contributed by atoms with E-state index in [1.807, 2.05) is 5.38 Å². The standard InChI is InChI=1S/C9H14N4O2S/c10-12-8(15)9-11-6(5-16-9)3-13-2-1-7(14)4-13/h5,7,14H,1-4,10H2,(H,12,15). The predicted molar refractivity (Wildman–Crippen MR) is 59.7 cm³/mol. The van der Waals surface area contributed by atoms with Crippen LogP contribution in [-0.2, 0) is 6.54 Å². The van der Waals surface area contributed by atoms with E-state index in [0.717, 1.165) is 18.7 Å². The van der Waals surface area contributed by atoms with Crippen molar-refractivity contribution >= 4 is 17.2 Å². The van der Waals surface area contributed by atoms with Crippen molar-refractivity contribution in [1.29, 1.82) is 0 Å². The Morgan fingerprint density at radius 1 is 1.81 bits per heavy atom. The average molecular weight is 242 g/mol. The Bertz CT molecular complexity index is 381. The molecule has 0 saturated carbocycles. The van der Waals surface area contributed by atoms with Gasteiger partial charge < -0.3 is 5.11 Å². The lowest BCUT2D eigenvalue weighted by atomic mass is 10.3. The van der Waals surface area contributed by atoms with Gasteiger partial charge in [-0.3, -0.25) is 15.1 Å². The number of rotatable bonds is 3. The molecule has 1 aliphatic heterocycles. The topological polar surface area (TPSA) is 91.5 Å². The van der Waals surface area contributed by atoms with Gasteiger partial charge in [-0.2, -0.15) is 0 Å². The summed E-state index contributed by atoms with van der Waals surface area (Å²) in [7, 11) is 0. The van der Waals surface area contributed by atoms with Crippen LogP contribution in [0, 0.1) is 0 Å². The highest BCUT2D eigenvalue weighted by Crippen LogP contribution is 2.15. The molecule has 4 N–H and O–H groups in total. The second kappa shape index (κ2) is 4.88. The molecular formula is C9H14N4O2S. The number of likely N-dealkylation sites (tertiary alicyclic amines) is 1. The van der Waals surface area contributed by atoms with Gasteiger partial charge in [-0.25, -0.2) is 10.8 Å². The molecule has 1 amide bonds. The molecule has 0 spiro atoms. The summed E-state index contributed by atoms with van der Waals surface area (Å²) in [5, 5.41) is 11.6. The van der Waals surface area contributed by atoms with Gasteiger partial charge in [0.15, 0.2) is 5.01 Å². The predicted octanol–water partition coefficient (Wildman–Crippen LogP) is -0.687. The molecule has 1 unspecified atom stereocenters. The minimum Gasteiger partial charge on any atom is -0.392 e. The molecule has 1 aromatic heterocycles. The zero-order chi connectivity index (χ0) is 11.5. The van der Waals surface area contributed by atoms with Crippen LogP contribution in [0.5, 0.6) is 0 Å². The summed E-state index contributed by atoms with van der Waals surface area (Å²) < 4.78 is 0. The average Bonchev–Trinajstić information content (AvgIpc) is 2.87. The third kappa shape index (κ3) is 2.56. The molecule has 0 aliphatic carbocycles. The molecule has 1 aliphatic rings. The number of hydrogen-bond donors (Lipinski definition) is 3. The molecule has 0 aromatic carbocycles. The summed E-state index contributed by atoms with van der Waals surface area (Å²) >= 11 is 1.27. The third-order valence-corrected chi connectivity index (χ3v) is 3.40. The van der Waals surface area contributed by atoms with Crippen LogP contribution in [0.25, 0.3) is 0 Å². The maximum atomic E-state index is 11.2. The van der Waals surface area contributed by atoms with Crippen molar-refractivity contribution in [3.8, 4) is 0 Å². The molecule has 0 radical (unpaired) electrons. The van der Waals surface area contributed by atoms with E-state index >= 15 is 0 Å². The lowest BCUT2D eigenvalue weighted by Gasteiger charge is -2.12. The van der Waals surface area contributed by atoms with E-state index in [9.17, 15) is 9.90 Å². The number of nitrogens with two attached hydrogens (primary N) is 1. The van der Waals surface area contributed by atoms with Gasteiger partial charge in [0.1, 0.15) is 0 Å². The first-order valence-electron chi connectivity index (χ1n) is 5.05. The number of nitrogens with zero attached hydrogens (tertiary/aromatic N) is 2. The number of thiazole rings is 1. The van der Waals surface area contributed by atoms with Crippen molar-refractivity contribution in [3.05, 3.63) is 16.1 Å². The van der Waals surface area contributed by atoms with E-state index in [0.29, 0.717) is 18.1 Å². The molecule has 1 saturated heterocycles. The maximum Gasteiger partial charge on any atom is 0.294 e. The van der Waals surface area contributed by atoms with Crippen molar-refractivity contribution < 1.29 is 9.90 Å². The van der Waals surface area contributed by atoms with Gasteiger partial charge in [0, 0.05) is 25.0 Å². The fourth-order valence-corrected chi connectivity index (χ4v) is 2.44. The smallest absolute Gasteiger partial charge is 0.294 e. The molecule has 0 bridgehead atoms. The number of aliphatic hydroxyl groups excluding tert-OH is 1. The quantitative estimate of drug-likeness (QED) is 0.371. The Hall–Kier alpha value is -1.02. The Morgan fingerprint density at radius 3 is 3.25 bits per heavy atom. The highest BCUT2D eigenvalue weighted by molar-refractivity contribution is 7.11. The first-order chi connectivity index (χ1) is 7.69. The summed E-state index contributed by atoms with van der Waals surface area (Å²) in [6, 6.07) is 0. The van der Waals surface area contributed by atoms with Gasteiger partial charge in [-0.05, 0) is 6.42 Å². The molecule has 7 heteroatoms. The molecule has 1 atom stereocenters. The van der Waals surface area contributed by atoms with Crippen molar-refractivity contribution in [3.63, 3.8) is 0 Å². The molecule has 1 aromatic rings. The summed E-state index contributed by atoms with van der Waals surface area (Å²) in [6.07, 6.45) is 0.575. The van der Waals surface area contributed by atoms with E-state index in [4.69, 9.17) is 5.84 Å². The second-order valence-corrected chi connectivity index (χ2v) is 4.65. The van der Waals surface area contributed by atoms with Crippen LogP contribution in [0.15, 0.2) is 5.38 Å². The summed E-state index contributed by atoms with van der Waals surface area (Å²) in [5.74, 6) is 4.66. The fourth-order valence-electron chi connectivity index (χ4n) is 1.73. The number of aliphatic hydroxyl groups is 1. The number of β-amino-alcohol motifs (C(OH)–C–C–N with tert-alkyl or cyclic N) is 1. The summed E-state index contributed by atoms with van der Waals surface area (Å²) in [5.41, 5.74) is 2.90. The molecule has 2 heterocycles. The number of hydrogen-bond acceptors (Lipinski definition) is 6. The Kier molecular flexibility index (Phi) is 3.49. The van der Waals surface area contributed by atoms with E-state index in [2.05, 4.69) is 15.3 Å². The minimum atomic E-state index is -0.363. The van der Waals surface area contributed by atoms with Crippen LogP contribution in [-0.4, -0.2) is 40.1 Å². The number of carbonyl (C=O) groups excluding carboxylic acids is 1. The number of nitrogen functional groups attached to an aromatic ring is 1. The monoisotopic (exact) mass is 242 g/mol. The number of amides is 1. The minimum absolute atomic E-state index is 0.231. The Labute approximate surface area is 97.1 Å². The van der Waals surface area contributed by atoms with Crippen molar-refractivity contribution in [2.24, 2.45) is 5.84 Å². The largest absolute Gasteiger partial charge is 0.392 e. The molecule has 88 valence electrons. The van der Waals surface area contributed by atoms with Gasteiger partial charge in [-0.15, -0.1) is 11.3 Å². The molecule has 1 fully saturated rings. The van der Waals surface area contributed by atoms with Gasteiger partial charge in [-0.1, -0.05) is 0 Å². The van der Waals surface area contributed by atoms with E-state index in [1.54, 1.807) is 0 Å². The zero-order valence-corrected chi connectivity index (χ0v) is 9.54. The van der Waals surface area contributed by atoms with Crippen LogP contribution >= 0.6 is 11.3 Å². The molecule has 2 rings (SSSR count). The van der Waals surface area contributed by atoms with E-state index < -0.39 is 0 Å². The molecule has 16 heavy (non-hydrogen) atoms. The highest BCUT2D eigenvalue weighted by atomic mass is 32.1. The molecule has 6 nitrogen and oxygen atoms in total. The second-order valence-electron chi connectivity index (χ2n) is 3.80. The normalized spacial score (nSPS) is 21.2. The van der Waals surface area contributed by atoms with Gasteiger partial charge in [0.2, 0.25) is 0 Å². The SMILES string of the molecule is NNC(=O)c1nc(CN2CCC(O)C2)cs1. The first kappa shape index (κ1) is 11.5. The third-order valence-electron chi connectivity index (χ3n) is 2.51. The molecular weight excluding hydrogens is 228 g/mol. The number of hydrazine groups is 1.